The lowest BCUT2D eigenvalue weighted by Crippen LogP contribution is -2.70. The second-order valence-electron chi connectivity index (χ2n) is 13.4. The first-order chi connectivity index (χ1) is 25.2. The summed E-state index contributed by atoms with van der Waals surface area (Å²) in [5.74, 6) is -2.73. The molecular weight excluding hydrogens is 829 g/mol. The van der Waals surface area contributed by atoms with E-state index in [1.807, 2.05) is 64.1 Å². The standard InChI is InChI=1S/C34H36Br2N6O4.C2HF3O2/c35-26-18-22(19-27(36)30(26)43)20-34(13-10-25-21-40(16-17-41(25)31(34)44)23-6-2-1-3-7-23)38-33(46)39-14-11-24(12-15-39)42-29-9-5-4-8-28(29)37-32(42)45;3-2(4,5)1(6)7/h1-9,18-19,24-25,43H,10-17,20-21H2,(H,37,45)(H,38,46);(H,6,7)/t25-,34-;/m0./s1. The summed E-state index contributed by atoms with van der Waals surface area (Å²) >= 11 is 6.86. The lowest BCUT2D eigenvalue weighted by molar-refractivity contribution is -0.192. The predicted octanol–water partition coefficient (Wildman–Crippen LogP) is 6.03. The monoisotopic (exact) mass is 864 g/mol. The highest BCUT2D eigenvalue weighted by atomic mass is 79.9. The van der Waals surface area contributed by atoms with Crippen molar-refractivity contribution in [2.45, 2.75) is 55.9 Å². The Bertz CT molecular complexity index is 2030. The van der Waals surface area contributed by atoms with Crippen LogP contribution in [0.1, 0.15) is 37.3 Å². The number of carbonyl (C=O) groups excluding carboxylic acids is 2. The molecule has 7 rings (SSSR count). The Kier molecular flexibility index (Phi) is 11.1. The quantitative estimate of drug-likeness (QED) is 0.191. The molecule has 0 unspecified atom stereocenters. The van der Waals surface area contributed by atoms with Crippen molar-refractivity contribution in [1.29, 1.82) is 0 Å². The minimum atomic E-state index is -5.08. The highest BCUT2D eigenvalue weighted by Crippen LogP contribution is 2.38. The van der Waals surface area contributed by atoms with Gasteiger partial charge in [-0.15, -0.1) is 0 Å². The number of benzene rings is 3. The molecule has 3 aromatic carbocycles. The van der Waals surface area contributed by atoms with Crippen molar-refractivity contribution >= 4 is 66.5 Å². The number of hydrogen-bond acceptors (Lipinski definition) is 6. The van der Waals surface area contributed by atoms with Crippen LogP contribution in [0.3, 0.4) is 0 Å². The summed E-state index contributed by atoms with van der Waals surface area (Å²) in [6.07, 6.45) is -2.27. The average Bonchev–Trinajstić information content (AvgIpc) is 3.48. The van der Waals surface area contributed by atoms with Gasteiger partial charge in [0.2, 0.25) is 5.91 Å². The highest BCUT2D eigenvalue weighted by Gasteiger charge is 2.50. The number of alkyl halides is 3. The van der Waals surface area contributed by atoms with E-state index in [4.69, 9.17) is 9.90 Å². The first-order valence-corrected chi connectivity index (χ1v) is 18.6. The zero-order valence-electron chi connectivity index (χ0n) is 28.3. The van der Waals surface area contributed by atoms with Gasteiger partial charge in [-0.25, -0.2) is 14.4 Å². The number of hydrogen-bond donors (Lipinski definition) is 4. The largest absolute Gasteiger partial charge is 0.506 e. The van der Waals surface area contributed by atoms with E-state index in [-0.39, 0.29) is 35.5 Å². The number of aromatic amines is 1. The minimum absolute atomic E-state index is 0.0219. The number of rotatable bonds is 5. The summed E-state index contributed by atoms with van der Waals surface area (Å²) in [4.78, 5) is 59.2. The zero-order chi connectivity index (χ0) is 38.1. The number of carboxylic acids is 1. The first kappa shape index (κ1) is 38.2. The molecule has 4 N–H and O–H groups in total. The lowest BCUT2D eigenvalue weighted by atomic mass is 9.79. The van der Waals surface area contributed by atoms with Crippen LogP contribution in [0.5, 0.6) is 5.75 Å². The van der Waals surface area contributed by atoms with E-state index in [1.54, 1.807) is 4.90 Å². The summed E-state index contributed by atoms with van der Waals surface area (Å²) in [5, 5.41) is 20.7. The van der Waals surface area contributed by atoms with E-state index in [0.29, 0.717) is 60.8 Å². The van der Waals surface area contributed by atoms with Gasteiger partial charge in [-0.3, -0.25) is 9.36 Å². The first-order valence-electron chi connectivity index (χ1n) is 17.0. The summed E-state index contributed by atoms with van der Waals surface area (Å²) in [6.45, 7) is 2.98. The van der Waals surface area contributed by atoms with Crippen molar-refractivity contribution < 1.29 is 37.8 Å². The van der Waals surface area contributed by atoms with Crippen molar-refractivity contribution in [3.63, 3.8) is 0 Å². The van der Waals surface area contributed by atoms with Crippen molar-refractivity contribution in [2.24, 2.45) is 0 Å². The number of para-hydroxylation sites is 3. The third-order valence-corrected chi connectivity index (χ3v) is 11.3. The van der Waals surface area contributed by atoms with E-state index in [1.165, 1.54) is 0 Å². The molecule has 3 aliphatic heterocycles. The fraction of sp³-hybridized carbons (Fsp3) is 0.389. The zero-order valence-corrected chi connectivity index (χ0v) is 31.5. The van der Waals surface area contributed by atoms with Crippen LogP contribution < -0.4 is 15.9 Å². The Morgan fingerprint density at radius 2 is 1.53 bits per heavy atom. The maximum atomic E-state index is 14.5. The number of nitrogens with one attached hydrogen (secondary N) is 2. The van der Waals surface area contributed by atoms with E-state index in [0.717, 1.165) is 35.2 Å². The number of anilines is 1. The topological polar surface area (TPSA) is 151 Å². The number of aromatic hydroxyl groups is 1. The third kappa shape index (κ3) is 8.20. The molecule has 3 amide bonds. The normalized spacial score (nSPS) is 20.8. The molecule has 0 radical (unpaired) electrons. The van der Waals surface area contributed by atoms with Crippen LogP contribution in [0.2, 0.25) is 0 Å². The molecule has 17 heteroatoms. The second kappa shape index (κ2) is 15.5. The number of H-pyrrole nitrogens is 1. The molecule has 282 valence electrons. The number of phenolic OH excluding ortho intramolecular Hbond substituents is 1. The van der Waals surface area contributed by atoms with Crippen LogP contribution in [0.25, 0.3) is 11.0 Å². The Labute approximate surface area is 318 Å². The van der Waals surface area contributed by atoms with Gasteiger partial charge in [-0.2, -0.15) is 13.2 Å². The smallest absolute Gasteiger partial charge is 0.490 e. The van der Waals surface area contributed by atoms with Crippen molar-refractivity contribution in [3.8, 4) is 5.75 Å². The SMILES string of the molecule is O=C(N[C@]1(Cc2cc(Br)c(O)c(Br)c2)CC[C@H]2CN(c3ccccc3)CCN2C1=O)N1CCC(n2c(=O)[nH]c3ccccc32)CC1.O=C(O)C(F)(F)F. The molecule has 2 atom stereocenters. The van der Waals surface area contributed by atoms with Crippen LogP contribution in [0.4, 0.5) is 23.7 Å². The number of carbonyl (C=O) groups is 3. The van der Waals surface area contributed by atoms with Gasteiger partial charge in [0.15, 0.2) is 0 Å². The van der Waals surface area contributed by atoms with Gasteiger partial charge in [0.1, 0.15) is 11.3 Å². The van der Waals surface area contributed by atoms with Gasteiger partial charge < -0.3 is 35.2 Å². The molecule has 0 saturated carbocycles. The van der Waals surface area contributed by atoms with Crippen LogP contribution in [0, 0.1) is 0 Å². The van der Waals surface area contributed by atoms with Crippen molar-refractivity contribution in [3.05, 3.63) is 91.7 Å². The summed E-state index contributed by atoms with van der Waals surface area (Å²) < 4.78 is 34.6. The molecule has 3 fully saturated rings. The van der Waals surface area contributed by atoms with Crippen LogP contribution in [0.15, 0.2) is 80.5 Å². The molecule has 4 heterocycles. The summed E-state index contributed by atoms with van der Waals surface area (Å²) in [6, 6.07) is 21.3. The number of aliphatic carboxylic acids is 1. The van der Waals surface area contributed by atoms with Gasteiger partial charge in [0.25, 0.3) is 0 Å². The van der Waals surface area contributed by atoms with Crippen LogP contribution >= 0.6 is 31.9 Å². The maximum absolute atomic E-state index is 14.5. The molecule has 0 aliphatic carbocycles. The van der Waals surface area contributed by atoms with Gasteiger partial charge in [0.05, 0.1) is 20.0 Å². The van der Waals surface area contributed by atoms with Crippen LogP contribution in [-0.2, 0) is 16.0 Å². The number of imidazole rings is 1. The molecule has 0 spiro atoms. The maximum Gasteiger partial charge on any atom is 0.490 e. The number of piperazine rings is 1. The molecule has 0 bridgehead atoms. The molecular formula is C36H37Br2F3N6O6. The third-order valence-electron chi connectivity index (χ3n) is 10.1. The predicted molar refractivity (Wildman–Crippen MR) is 198 cm³/mol. The van der Waals surface area contributed by atoms with E-state index in [2.05, 4.69) is 59.2 Å². The Hall–Kier alpha value is -4.51. The number of urea groups is 1. The summed E-state index contributed by atoms with van der Waals surface area (Å²) in [5.41, 5.74) is 2.38. The van der Waals surface area contributed by atoms with Gasteiger partial charge >= 0.3 is 23.9 Å². The second-order valence-corrected chi connectivity index (χ2v) is 15.1. The van der Waals surface area contributed by atoms with Crippen molar-refractivity contribution in [2.75, 3.05) is 37.6 Å². The molecule has 1 aromatic heterocycles. The Morgan fingerprint density at radius 1 is 0.906 bits per heavy atom. The fourth-order valence-corrected chi connectivity index (χ4v) is 8.76. The molecule has 12 nitrogen and oxygen atoms in total. The number of halogens is 5. The number of nitrogens with zero attached hydrogens (tertiary/aromatic N) is 4. The number of aromatic nitrogens is 2. The Morgan fingerprint density at radius 3 is 2.17 bits per heavy atom. The minimum Gasteiger partial charge on any atom is -0.506 e. The molecule has 53 heavy (non-hydrogen) atoms. The number of fused-ring (bicyclic) bond motifs is 2. The van der Waals surface area contributed by atoms with Crippen LogP contribution in [-0.4, -0.2) is 98.0 Å². The number of piperidine rings is 2. The Balaban J connectivity index is 0.000000626. The average molecular weight is 867 g/mol. The highest BCUT2D eigenvalue weighted by molar-refractivity contribution is 9.11. The molecule has 3 aliphatic rings. The number of likely N-dealkylation sites (tertiary alicyclic amines) is 1. The number of amides is 3. The number of phenols is 1. The fourth-order valence-electron chi connectivity index (χ4n) is 7.48. The van der Waals surface area contributed by atoms with Gasteiger partial charge in [0, 0.05) is 56.9 Å². The van der Waals surface area contributed by atoms with E-state index in [9.17, 15) is 32.7 Å². The number of carboxylic acid groups (broad SMARTS) is 1. The van der Waals surface area contributed by atoms with Crippen molar-refractivity contribution in [1.82, 2.24) is 24.7 Å². The van der Waals surface area contributed by atoms with Gasteiger partial charge in [-0.05, 0) is 99.5 Å². The van der Waals surface area contributed by atoms with E-state index >= 15 is 0 Å². The van der Waals surface area contributed by atoms with Gasteiger partial charge in [-0.1, -0.05) is 30.3 Å². The molecule has 4 aromatic rings. The van der Waals surface area contributed by atoms with E-state index < -0.39 is 17.7 Å². The molecule has 3 saturated heterocycles. The lowest BCUT2D eigenvalue weighted by Gasteiger charge is -2.51. The summed E-state index contributed by atoms with van der Waals surface area (Å²) in [7, 11) is 0.